The quantitative estimate of drug-likeness (QED) is 0.784. The Labute approximate surface area is 169 Å². The molecule has 5 nitrogen and oxygen atoms in total. The van der Waals surface area contributed by atoms with Crippen LogP contribution in [-0.2, 0) is 14.8 Å². The number of sulfonamides is 1. The van der Waals surface area contributed by atoms with Crippen molar-refractivity contribution < 1.29 is 13.2 Å². The highest BCUT2D eigenvalue weighted by Crippen LogP contribution is 2.56. The van der Waals surface area contributed by atoms with Crippen LogP contribution in [-0.4, -0.2) is 25.6 Å². The van der Waals surface area contributed by atoms with E-state index in [0.717, 1.165) is 30.9 Å². The minimum Gasteiger partial charge on any atom is -0.270 e. The smallest absolute Gasteiger partial charge is 0.266 e. The normalized spacial score (nSPS) is 31.0. The van der Waals surface area contributed by atoms with Crippen molar-refractivity contribution in [1.29, 1.82) is 0 Å². The summed E-state index contributed by atoms with van der Waals surface area (Å²) in [4.78, 5) is 17.2. The summed E-state index contributed by atoms with van der Waals surface area (Å²) in [5.74, 6) is 1.80. The van der Waals surface area contributed by atoms with Crippen molar-refractivity contribution >= 4 is 44.8 Å². The van der Waals surface area contributed by atoms with E-state index in [1.165, 1.54) is 38.5 Å². The van der Waals surface area contributed by atoms with Crippen molar-refractivity contribution in [2.45, 2.75) is 50.0 Å². The lowest BCUT2D eigenvalue weighted by atomic mass is 9.81. The van der Waals surface area contributed by atoms with Crippen molar-refractivity contribution in [1.82, 2.24) is 4.72 Å². The van der Waals surface area contributed by atoms with Gasteiger partial charge in [-0.3, -0.25) is 4.79 Å². The number of nitrogens with one attached hydrogen (secondary N) is 1. The number of nitrogens with zero attached hydrogens (tertiary/aromatic N) is 1. The van der Waals surface area contributed by atoms with Crippen LogP contribution in [0.1, 0.15) is 39.5 Å². The Morgan fingerprint density at radius 3 is 2.41 bits per heavy atom. The Hall–Kier alpha value is -0.950. The zero-order valence-corrected chi connectivity index (χ0v) is 17.5. The Bertz CT molecular complexity index is 918. The van der Waals surface area contributed by atoms with Gasteiger partial charge in [0.2, 0.25) is 10.0 Å². The number of benzene rings is 1. The van der Waals surface area contributed by atoms with Gasteiger partial charge in [0.25, 0.3) is 5.91 Å². The SMILES string of the molecule is CC(C)(NS(=O)(=O)c1cc(Cl)cc(Cl)c1)C(=O)N=C1C2CC3CC(C2)C1C3. The molecule has 4 bridgehead atoms. The minimum absolute atomic E-state index is 0.0768. The third kappa shape index (κ3) is 3.57. The highest BCUT2D eigenvalue weighted by molar-refractivity contribution is 7.89. The highest BCUT2D eigenvalue weighted by atomic mass is 35.5. The van der Waals surface area contributed by atoms with Gasteiger partial charge >= 0.3 is 0 Å². The van der Waals surface area contributed by atoms with E-state index >= 15 is 0 Å². The van der Waals surface area contributed by atoms with Crippen LogP contribution in [0.4, 0.5) is 0 Å². The van der Waals surface area contributed by atoms with Gasteiger partial charge < -0.3 is 0 Å². The topological polar surface area (TPSA) is 75.6 Å². The van der Waals surface area contributed by atoms with Gasteiger partial charge in [-0.2, -0.15) is 4.72 Å². The van der Waals surface area contributed by atoms with Gasteiger partial charge in [0.1, 0.15) is 5.54 Å². The fraction of sp³-hybridized carbons (Fsp3) is 0.579. The standard InChI is InChI=1S/C19H22Cl2N2O3S/c1-19(2,23-27(25,26)15-8-13(20)7-14(21)9-15)18(24)22-17-12-4-10-3-11(6-12)16(17)5-10/h7-12,16,23H,3-6H2,1-2H3. The number of hydrogen-bond donors (Lipinski definition) is 1. The van der Waals surface area contributed by atoms with Crippen LogP contribution in [0, 0.1) is 23.7 Å². The van der Waals surface area contributed by atoms with Crippen LogP contribution in [0.15, 0.2) is 28.1 Å². The minimum atomic E-state index is -3.97. The summed E-state index contributed by atoms with van der Waals surface area (Å²) in [5.41, 5.74) is -0.364. The molecule has 0 heterocycles. The molecule has 0 aromatic heterocycles. The van der Waals surface area contributed by atoms with Crippen LogP contribution in [0.3, 0.4) is 0 Å². The fourth-order valence-corrected chi connectivity index (χ4v) is 7.11. The molecule has 4 saturated carbocycles. The van der Waals surface area contributed by atoms with Crippen molar-refractivity contribution in [3.05, 3.63) is 28.2 Å². The van der Waals surface area contributed by atoms with E-state index in [-0.39, 0.29) is 14.9 Å². The van der Waals surface area contributed by atoms with Crippen LogP contribution < -0.4 is 4.72 Å². The molecule has 0 spiro atoms. The van der Waals surface area contributed by atoms with E-state index in [1.807, 2.05) is 0 Å². The van der Waals surface area contributed by atoms with Gasteiger partial charge in [0.05, 0.1) is 4.90 Å². The van der Waals surface area contributed by atoms with E-state index in [4.69, 9.17) is 23.2 Å². The molecule has 1 amide bonds. The lowest BCUT2D eigenvalue weighted by molar-refractivity contribution is -0.122. The zero-order chi connectivity index (χ0) is 19.6. The van der Waals surface area contributed by atoms with E-state index in [1.54, 1.807) is 0 Å². The summed E-state index contributed by atoms with van der Waals surface area (Å²) in [6, 6.07) is 4.06. The third-order valence-electron chi connectivity index (χ3n) is 6.10. The maximum Gasteiger partial charge on any atom is 0.266 e. The number of halogens is 2. The Kier molecular flexibility index (Phi) is 4.70. The maximum atomic E-state index is 12.8. The second-order valence-corrected chi connectivity index (χ2v) is 11.1. The van der Waals surface area contributed by atoms with Crippen molar-refractivity contribution in [2.24, 2.45) is 28.7 Å². The van der Waals surface area contributed by atoms with Gasteiger partial charge in [0.15, 0.2) is 0 Å². The first-order valence-electron chi connectivity index (χ1n) is 9.18. The van der Waals surface area contributed by atoms with Crippen LogP contribution in [0.25, 0.3) is 0 Å². The van der Waals surface area contributed by atoms with Gasteiger partial charge in [-0.05, 0) is 75.5 Å². The molecule has 146 valence electrons. The Balaban J connectivity index is 1.56. The molecular formula is C19H22Cl2N2O3S. The molecule has 4 aliphatic rings. The lowest BCUT2D eigenvalue weighted by Gasteiger charge is -2.27. The molecule has 5 rings (SSSR count). The summed E-state index contributed by atoms with van der Waals surface area (Å²) in [6.45, 7) is 3.07. The number of amides is 1. The monoisotopic (exact) mass is 428 g/mol. The number of hydrogen-bond acceptors (Lipinski definition) is 3. The number of carbonyl (C=O) groups excluding carboxylic acids is 1. The predicted molar refractivity (Wildman–Crippen MR) is 106 cm³/mol. The highest BCUT2D eigenvalue weighted by Gasteiger charge is 2.52. The van der Waals surface area contributed by atoms with Crippen LogP contribution in [0.2, 0.25) is 10.0 Å². The summed E-state index contributed by atoms with van der Waals surface area (Å²) >= 11 is 11.8. The number of rotatable bonds is 4. The third-order valence-corrected chi connectivity index (χ3v) is 8.17. The molecule has 0 aliphatic heterocycles. The summed E-state index contributed by atoms with van der Waals surface area (Å²) in [5, 5.41) is 0.426. The molecule has 4 fully saturated rings. The van der Waals surface area contributed by atoms with Crippen molar-refractivity contribution in [3.8, 4) is 0 Å². The molecule has 27 heavy (non-hydrogen) atoms. The first kappa shape index (κ1) is 19.4. The summed E-state index contributed by atoms with van der Waals surface area (Å²) in [7, 11) is -3.97. The Morgan fingerprint density at radius 1 is 1.11 bits per heavy atom. The van der Waals surface area contributed by atoms with E-state index in [9.17, 15) is 13.2 Å². The van der Waals surface area contributed by atoms with Crippen LogP contribution in [0.5, 0.6) is 0 Å². The second-order valence-electron chi connectivity index (χ2n) is 8.55. The van der Waals surface area contributed by atoms with Gasteiger partial charge in [-0.1, -0.05) is 23.2 Å². The average Bonchev–Trinajstić information content (AvgIpc) is 2.95. The zero-order valence-electron chi connectivity index (χ0n) is 15.2. The van der Waals surface area contributed by atoms with E-state index in [0.29, 0.717) is 17.8 Å². The molecule has 4 unspecified atom stereocenters. The molecule has 4 aliphatic carbocycles. The predicted octanol–water partition coefficient (Wildman–Crippen LogP) is 4.08. The first-order valence-corrected chi connectivity index (χ1v) is 11.4. The summed E-state index contributed by atoms with van der Waals surface area (Å²) < 4.78 is 27.9. The van der Waals surface area contributed by atoms with E-state index in [2.05, 4.69) is 9.71 Å². The van der Waals surface area contributed by atoms with Gasteiger partial charge in [0, 0.05) is 21.7 Å². The van der Waals surface area contributed by atoms with Crippen molar-refractivity contribution in [3.63, 3.8) is 0 Å². The molecule has 1 N–H and O–H groups in total. The van der Waals surface area contributed by atoms with Gasteiger partial charge in [-0.15, -0.1) is 0 Å². The largest absolute Gasteiger partial charge is 0.270 e. The second kappa shape index (κ2) is 6.55. The molecule has 4 atom stereocenters. The molecule has 0 radical (unpaired) electrons. The average molecular weight is 429 g/mol. The van der Waals surface area contributed by atoms with Crippen molar-refractivity contribution in [2.75, 3.05) is 0 Å². The molecular weight excluding hydrogens is 407 g/mol. The van der Waals surface area contributed by atoms with Gasteiger partial charge in [-0.25, -0.2) is 13.4 Å². The molecule has 0 saturated heterocycles. The number of aliphatic imine (C=N–C) groups is 1. The van der Waals surface area contributed by atoms with Crippen LogP contribution >= 0.6 is 23.2 Å². The first-order chi connectivity index (χ1) is 12.5. The molecule has 1 aromatic carbocycles. The molecule has 8 heteroatoms. The summed E-state index contributed by atoms with van der Waals surface area (Å²) in [6.07, 6.45) is 4.62. The number of carbonyl (C=O) groups is 1. The fourth-order valence-electron chi connectivity index (χ4n) is 5.02. The maximum absolute atomic E-state index is 12.8. The molecule has 1 aromatic rings. The Morgan fingerprint density at radius 2 is 1.78 bits per heavy atom. The van der Waals surface area contributed by atoms with E-state index < -0.39 is 21.5 Å². The lowest BCUT2D eigenvalue weighted by Crippen LogP contribution is -2.49.